The zero-order valence-corrected chi connectivity index (χ0v) is 11.2. The fourth-order valence-corrected chi connectivity index (χ4v) is 2.11. The van der Waals surface area contributed by atoms with Crippen LogP contribution in [-0.2, 0) is 4.79 Å². The highest BCUT2D eigenvalue weighted by molar-refractivity contribution is 7.15. The Bertz CT molecular complexity index is 579. The summed E-state index contributed by atoms with van der Waals surface area (Å²) in [4.78, 5) is 16.8. The van der Waals surface area contributed by atoms with Crippen LogP contribution in [0.1, 0.15) is 21.9 Å². The first-order valence-corrected chi connectivity index (χ1v) is 6.22. The Labute approximate surface area is 109 Å². The summed E-state index contributed by atoms with van der Waals surface area (Å²) in [5.74, 6) is 0.478. The number of carbonyl (C=O) groups excluding carboxylic acids is 1. The van der Waals surface area contributed by atoms with E-state index in [0.29, 0.717) is 10.9 Å². The predicted molar refractivity (Wildman–Crippen MR) is 70.5 cm³/mol. The average molecular weight is 263 g/mol. The predicted octanol–water partition coefficient (Wildman–Crippen LogP) is 2.71. The number of anilines is 1. The van der Waals surface area contributed by atoms with Gasteiger partial charge in [-0.05, 0) is 26.8 Å². The smallest absolute Gasteiger partial charge is 0.250 e. The number of hydrogen-bond donors (Lipinski definition) is 1. The second-order valence-electron chi connectivity index (χ2n) is 3.84. The molecule has 1 N–H and O–H groups in total. The van der Waals surface area contributed by atoms with Crippen LogP contribution in [0.4, 0.5) is 5.13 Å². The molecule has 0 fully saturated rings. The fraction of sp³-hybridized carbons (Fsp3) is 0.250. The maximum Gasteiger partial charge on any atom is 0.250 e. The third-order valence-electron chi connectivity index (χ3n) is 2.34. The van der Waals surface area contributed by atoms with Gasteiger partial charge in [0.15, 0.2) is 5.13 Å². The van der Waals surface area contributed by atoms with Gasteiger partial charge in [-0.1, -0.05) is 5.16 Å². The number of aryl methyl sites for hydroxylation is 3. The Morgan fingerprint density at radius 3 is 2.78 bits per heavy atom. The minimum atomic E-state index is -0.218. The zero-order valence-electron chi connectivity index (χ0n) is 10.4. The summed E-state index contributed by atoms with van der Waals surface area (Å²) in [5.41, 5.74) is 1.60. The molecule has 2 aromatic rings. The molecule has 0 aliphatic rings. The third kappa shape index (κ3) is 2.84. The molecule has 2 aromatic heterocycles. The number of carbonyl (C=O) groups is 1. The van der Waals surface area contributed by atoms with Crippen LogP contribution >= 0.6 is 11.3 Å². The Hall–Kier alpha value is -1.95. The van der Waals surface area contributed by atoms with E-state index in [1.165, 1.54) is 17.4 Å². The van der Waals surface area contributed by atoms with E-state index in [0.717, 1.165) is 16.1 Å². The highest BCUT2D eigenvalue weighted by Gasteiger charge is 2.06. The molecule has 5 nitrogen and oxygen atoms in total. The van der Waals surface area contributed by atoms with Crippen LogP contribution in [0.2, 0.25) is 0 Å². The number of thiazole rings is 1. The monoisotopic (exact) mass is 263 g/mol. The van der Waals surface area contributed by atoms with E-state index in [4.69, 9.17) is 4.52 Å². The first kappa shape index (κ1) is 12.5. The number of nitrogens with one attached hydrogen (secondary N) is 1. The molecule has 18 heavy (non-hydrogen) atoms. The molecule has 6 heteroatoms. The minimum absolute atomic E-state index is 0.218. The summed E-state index contributed by atoms with van der Waals surface area (Å²) in [6, 6.07) is 0. The molecule has 0 bridgehead atoms. The lowest BCUT2D eigenvalue weighted by Gasteiger charge is -1.95. The van der Waals surface area contributed by atoms with Crippen LogP contribution in [0, 0.1) is 20.8 Å². The molecule has 0 unspecified atom stereocenters. The van der Waals surface area contributed by atoms with Crippen LogP contribution in [0.5, 0.6) is 0 Å². The second kappa shape index (κ2) is 5.14. The zero-order chi connectivity index (χ0) is 13.1. The van der Waals surface area contributed by atoms with Crippen LogP contribution in [-0.4, -0.2) is 16.0 Å². The summed E-state index contributed by atoms with van der Waals surface area (Å²) >= 11 is 1.44. The van der Waals surface area contributed by atoms with E-state index in [9.17, 15) is 4.79 Å². The van der Waals surface area contributed by atoms with Gasteiger partial charge in [-0.25, -0.2) is 4.98 Å². The molecule has 0 radical (unpaired) electrons. The molecule has 0 saturated heterocycles. The van der Waals surface area contributed by atoms with Crippen molar-refractivity contribution < 1.29 is 9.32 Å². The third-order valence-corrected chi connectivity index (χ3v) is 3.17. The van der Waals surface area contributed by atoms with Gasteiger partial charge in [0.1, 0.15) is 5.76 Å². The second-order valence-corrected chi connectivity index (χ2v) is 5.07. The van der Waals surface area contributed by atoms with Gasteiger partial charge < -0.3 is 4.52 Å². The van der Waals surface area contributed by atoms with Crippen molar-refractivity contribution in [2.75, 3.05) is 5.32 Å². The van der Waals surface area contributed by atoms with Crippen molar-refractivity contribution in [3.8, 4) is 0 Å². The van der Waals surface area contributed by atoms with Gasteiger partial charge in [0.2, 0.25) is 5.91 Å². The molecule has 0 aliphatic heterocycles. The van der Waals surface area contributed by atoms with Crippen molar-refractivity contribution in [2.24, 2.45) is 0 Å². The van der Waals surface area contributed by atoms with E-state index in [2.05, 4.69) is 15.5 Å². The summed E-state index contributed by atoms with van der Waals surface area (Å²) < 4.78 is 5.01. The van der Waals surface area contributed by atoms with Crippen molar-refractivity contribution >= 4 is 28.5 Å². The van der Waals surface area contributed by atoms with Gasteiger partial charge in [0.25, 0.3) is 0 Å². The summed E-state index contributed by atoms with van der Waals surface area (Å²) in [6.45, 7) is 5.58. The SMILES string of the molecule is Cc1cnc(NC(=O)/C=C/c2c(C)noc2C)s1. The highest BCUT2D eigenvalue weighted by Crippen LogP contribution is 2.17. The van der Waals surface area contributed by atoms with Gasteiger partial charge in [-0.3, -0.25) is 10.1 Å². The molecule has 0 aliphatic carbocycles. The average Bonchev–Trinajstić information content (AvgIpc) is 2.84. The normalized spacial score (nSPS) is 11.1. The lowest BCUT2D eigenvalue weighted by atomic mass is 10.2. The van der Waals surface area contributed by atoms with Crippen LogP contribution < -0.4 is 5.32 Å². The minimum Gasteiger partial charge on any atom is -0.361 e. The van der Waals surface area contributed by atoms with Crippen LogP contribution in [0.25, 0.3) is 6.08 Å². The quantitative estimate of drug-likeness (QED) is 0.864. The number of nitrogens with zero attached hydrogens (tertiary/aromatic N) is 2. The Morgan fingerprint density at radius 1 is 1.44 bits per heavy atom. The van der Waals surface area contributed by atoms with Gasteiger partial charge in [0.05, 0.1) is 5.69 Å². The largest absolute Gasteiger partial charge is 0.361 e. The molecule has 2 heterocycles. The van der Waals surface area contributed by atoms with Crippen LogP contribution in [0.3, 0.4) is 0 Å². The molecule has 0 saturated carbocycles. The number of rotatable bonds is 3. The van der Waals surface area contributed by atoms with E-state index in [1.54, 1.807) is 12.3 Å². The van der Waals surface area contributed by atoms with Crippen molar-refractivity contribution in [3.63, 3.8) is 0 Å². The molecule has 0 aromatic carbocycles. The van der Waals surface area contributed by atoms with Crippen LogP contribution in [0.15, 0.2) is 16.8 Å². The summed E-state index contributed by atoms with van der Waals surface area (Å²) in [6.07, 6.45) is 4.86. The lowest BCUT2D eigenvalue weighted by molar-refractivity contribution is -0.111. The molecular formula is C12H13N3O2S. The molecular weight excluding hydrogens is 250 g/mol. The van der Waals surface area contributed by atoms with E-state index in [1.807, 2.05) is 20.8 Å². The van der Waals surface area contributed by atoms with Crippen molar-refractivity contribution in [1.29, 1.82) is 0 Å². The number of aromatic nitrogens is 2. The maximum absolute atomic E-state index is 11.7. The Balaban J connectivity index is 2.03. The number of hydrogen-bond acceptors (Lipinski definition) is 5. The number of amides is 1. The van der Waals surface area contributed by atoms with Gasteiger partial charge in [0, 0.05) is 22.7 Å². The molecule has 0 atom stereocenters. The summed E-state index contributed by atoms with van der Waals surface area (Å²) in [5, 5.41) is 7.11. The van der Waals surface area contributed by atoms with E-state index in [-0.39, 0.29) is 5.91 Å². The van der Waals surface area contributed by atoms with Gasteiger partial charge in [-0.2, -0.15) is 0 Å². The molecule has 2 rings (SSSR count). The van der Waals surface area contributed by atoms with Gasteiger partial charge in [-0.15, -0.1) is 11.3 Å². The molecule has 0 spiro atoms. The van der Waals surface area contributed by atoms with Crippen molar-refractivity contribution in [1.82, 2.24) is 10.1 Å². The fourth-order valence-electron chi connectivity index (χ4n) is 1.45. The summed E-state index contributed by atoms with van der Waals surface area (Å²) in [7, 11) is 0. The maximum atomic E-state index is 11.7. The van der Waals surface area contributed by atoms with Gasteiger partial charge >= 0.3 is 0 Å². The van der Waals surface area contributed by atoms with Crippen molar-refractivity contribution in [3.05, 3.63) is 34.2 Å². The molecule has 94 valence electrons. The topological polar surface area (TPSA) is 68.0 Å². The highest BCUT2D eigenvalue weighted by atomic mass is 32.1. The molecule has 1 amide bonds. The Kier molecular flexibility index (Phi) is 3.57. The first-order chi connectivity index (χ1) is 8.56. The lowest BCUT2D eigenvalue weighted by Crippen LogP contribution is -2.07. The Morgan fingerprint density at radius 2 is 2.22 bits per heavy atom. The van der Waals surface area contributed by atoms with E-state index < -0.39 is 0 Å². The first-order valence-electron chi connectivity index (χ1n) is 5.40. The van der Waals surface area contributed by atoms with E-state index >= 15 is 0 Å². The van der Waals surface area contributed by atoms with Crippen molar-refractivity contribution in [2.45, 2.75) is 20.8 Å². The standard InChI is InChI=1S/C12H13N3O2S/c1-7-6-13-12(18-7)14-11(16)5-4-10-8(2)15-17-9(10)3/h4-6H,1-3H3,(H,13,14,16)/b5-4+.